The van der Waals surface area contributed by atoms with Crippen LogP contribution in [0.1, 0.15) is 36.3 Å². The lowest BCUT2D eigenvalue weighted by atomic mass is 10.1. The second-order valence-corrected chi connectivity index (χ2v) is 7.19. The number of hydrogen-bond acceptors (Lipinski definition) is 6. The van der Waals surface area contributed by atoms with Crippen LogP contribution in [0.5, 0.6) is 0 Å². The first-order valence-electron chi connectivity index (χ1n) is 8.65. The Morgan fingerprint density at radius 2 is 2.27 bits per heavy atom. The highest BCUT2D eigenvalue weighted by atomic mass is 32.1. The molecule has 1 N–H and O–H groups in total. The molecule has 0 saturated carbocycles. The molecule has 1 saturated heterocycles. The number of ether oxygens (including phenoxy) is 1. The van der Waals surface area contributed by atoms with Crippen LogP contribution in [0, 0.1) is 6.92 Å². The molecule has 1 atom stereocenters. The highest BCUT2D eigenvalue weighted by molar-refractivity contribution is 7.15. The minimum absolute atomic E-state index is 0.00501. The molecule has 7 nitrogen and oxygen atoms in total. The fourth-order valence-corrected chi connectivity index (χ4v) is 3.71. The Balaban J connectivity index is 1.61. The van der Waals surface area contributed by atoms with Crippen molar-refractivity contribution in [3.05, 3.63) is 34.8 Å². The van der Waals surface area contributed by atoms with Gasteiger partial charge in [-0.2, -0.15) is 0 Å². The zero-order valence-electron chi connectivity index (χ0n) is 14.9. The first-order chi connectivity index (χ1) is 12.6. The van der Waals surface area contributed by atoms with E-state index < -0.39 is 0 Å². The van der Waals surface area contributed by atoms with E-state index in [1.807, 2.05) is 38.1 Å². The summed E-state index contributed by atoms with van der Waals surface area (Å²) in [5, 5.41) is 12.2. The van der Waals surface area contributed by atoms with Gasteiger partial charge in [-0.1, -0.05) is 23.5 Å². The van der Waals surface area contributed by atoms with Crippen molar-refractivity contribution in [1.29, 1.82) is 0 Å². The number of hydrogen-bond donors (Lipinski definition) is 1. The van der Waals surface area contributed by atoms with Gasteiger partial charge in [0.1, 0.15) is 5.01 Å². The van der Waals surface area contributed by atoms with Gasteiger partial charge >= 0.3 is 0 Å². The second kappa shape index (κ2) is 8.37. The molecule has 2 amide bonds. The molecule has 2 aromatic rings. The molecule has 2 heterocycles. The zero-order chi connectivity index (χ0) is 18.5. The van der Waals surface area contributed by atoms with Crippen LogP contribution in [-0.2, 0) is 14.3 Å². The van der Waals surface area contributed by atoms with Crippen LogP contribution in [0.4, 0.5) is 10.8 Å². The summed E-state index contributed by atoms with van der Waals surface area (Å²) in [7, 11) is 0. The third kappa shape index (κ3) is 4.44. The molecule has 0 radical (unpaired) electrons. The molecule has 0 bridgehead atoms. The highest BCUT2D eigenvalue weighted by Crippen LogP contribution is 2.34. The third-order valence-electron chi connectivity index (χ3n) is 4.15. The number of aryl methyl sites for hydroxylation is 1. The van der Waals surface area contributed by atoms with Gasteiger partial charge in [0.15, 0.2) is 0 Å². The van der Waals surface area contributed by atoms with Crippen molar-refractivity contribution in [2.75, 3.05) is 30.0 Å². The Bertz CT molecular complexity index is 792. The van der Waals surface area contributed by atoms with Gasteiger partial charge < -0.3 is 15.0 Å². The molecule has 1 aliphatic rings. The molecule has 1 unspecified atom stereocenters. The lowest BCUT2D eigenvalue weighted by Crippen LogP contribution is -2.24. The molecule has 138 valence electrons. The predicted molar refractivity (Wildman–Crippen MR) is 101 cm³/mol. The summed E-state index contributed by atoms with van der Waals surface area (Å²) in [5.74, 6) is -0.0716. The third-order valence-corrected chi connectivity index (χ3v) is 5.15. The summed E-state index contributed by atoms with van der Waals surface area (Å²) in [6, 6.07) is 7.90. The molecule has 0 aliphatic carbocycles. The van der Waals surface area contributed by atoms with E-state index in [1.54, 1.807) is 4.90 Å². The maximum Gasteiger partial charge on any atom is 0.228 e. The lowest BCUT2D eigenvalue weighted by molar-refractivity contribution is -0.118. The van der Waals surface area contributed by atoms with E-state index in [0.29, 0.717) is 31.3 Å². The van der Waals surface area contributed by atoms with Gasteiger partial charge in [0.25, 0.3) is 0 Å². The highest BCUT2D eigenvalue weighted by Gasteiger charge is 2.34. The number of nitrogens with one attached hydrogen (secondary N) is 1. The maximum absolute atomic E-state index is 12.4. The summed E-state index contributed by atoms with van der Waals surface area (Å²) in [6.45, 7) is 5.44. The molecular formula is C18H22N4O3S. The van der Waals surface area contributed by atoms with E-state index in [4.69, 9.17) is 4.74 Å². The number of aromatic nitrogens is 2. The van der Waals surface area contributed by atoms with E-state index >= 15 is 0 Å². The van der Waals surface area contributed by atoms with Gasteiger partial charge in [0, 0.05) is 31.2 Å². The van der Waals surface area contributed by atoms with Crippen LogP contribution >= 0.6 is 11.3 Å². The van der Waals surface area contributed by atoms with Crippen LogP contribution in [0.25, 0.3) is 0 Å². The Kier molecular flexibility index (Phi) is 5.95. The van der Waals surface area contributed by atoms with Gasteiger partial charge in [0.05, 0.1) is 13.0 Å². The molecule has 0 spiro atoms. The van der Waals surface area contributed by atoms with E-state index in [1.165, 1.54) is 11.3 Å². The fourth-order valence-electron chi connectivity index (χ4n) is 2.86. The average Bonchev–Trinajstić information content (AvgIpc) is 3.21. The summed E-state index contributed by atoms with van der Waals surface area (Å²) in [4.78, 5) is 26.0. The Labute approximate surface area is 156 Å². The van der Waals surface area contributed by atoms with Crippen molar-refractivity contribution < 1.29 is 14.3 Å². The molecule has 1 aromatic heterocycles. The Hall–Kier alpha value is -2.32. The smallest absolute Gasteiger partial charge is 0.228 e. The van der Waals surface area contributed by atoms with Gasteiger partial charge in [-0.05, 0) is 31.5 Å². The molecule has 8 heteroatoms. The first kappa shape index (κ1) is 18.5. The molecular weight excluding hydrogens is 352 g/mol. The number of carbonyl (C=O) groups excluding carboxylic acids is 2. The quantitative estimate of drug-likeness (QED) is 0.753. The number of rotatable bonds is 7. The van der Waals surface area contributed by atoms with Gasteiger partial charge in [-0.15, -0.1) is 10.2 Å². The zero-order valence-corrected chi connectivity index (χ0v) is 15.7. The molecule has 1 fully saturated rings. The van der Waals surface area contributed by atoms with Crippen LogP contribution in [0.3, 0.4) is 0 Å². The number of amides is 2. The molecule has 1 aliphatic heterocycles. The summed E-state index contributed by atoms with van der Waals surface area (Å²) < 4.78 is 5.17. The number of anilines is 2. The van der Waals surface area contributed by atoms with Crippen molar-refractivity contribution >= 4 is 34.0 Å². The van der Waals surface area contributed by atoms with Gasteiger partial charge in [-0.3, -0.25) is 9.59 Å². The lowest BCUT2D eigenvalue weighted by Gasteiger charge is -2.16. The van der Waals surface area contributed by atoms with Gasteiger partial charge in [-0.25, -0.2) is 0 Å². The van der Waals surface area contributed by atoms with Crippen LogP contribution in [-0.4, -0.2) is 41.8 Å². The average molecular weight is 374 g/mol. The van der Waals surface area contributed by atoms with Crippen molar-refractivity contribution in [3.63, 3.8) is 0 Å². The van der Waals surface area contributed by atoms with E-state index in [2.05, 4.69) is 15.5 Å². The van der Waals surface area contributed by atoms with Crippen molar-refractivity contribution in [2.24, 2.45) is 0 Å². The molecule has 3 rings (SSSR count). The first-order valence-corrected chi connectivity index (χ1v) is 9.46. The minimum atomic E-state index is -0.148. The molecule has 26 heavy (non-hydrogen) atoms. The van der Waals surface area contributed by atoms with Crippen LogP contribution in [0.15, 0.2) is 24.3 Å². The minimum Gasteiger partial charge on any atom is -0.381 e. The van der Waals surface area contributed by atoms with Crippen LogP contribution < -0.4 is 10.2 Å². The van der Waals surface area contributed by atoms with E-state index in [0.717, 1.165) is 16.3 Å². The Morgan fingerprint density at radius 3 is 3.04 bits per heavy atom. The van der Waals surface area contributed by atoms with Gasteiger partial charge in [0.2, 0.25) is 16.9 Å². The monoisotopic (exact) mass is 374 g/mol. The standard InChI is InChI=1S/C18H22N4O3S/c1-3-25-8-7-15(23)19-18-21-20-17(26-18)13-10-16(24)22(11-13)14-6-4-5-12(2)9-14/h4-6,9,13H,3,7-8,10-11H2,1-2H3,(H,19,21,23). The summed E-state index contributed by atoms with van der Waals surface area (Å²) in [5.41, 5.74) is 2.03. The van der Waals surface area contributed by atoms with E-state index in [-0.39, 0.29) is 24.2 Å². The van der Waals surface area contributed by atoms with Crippen molar-refractivity contribution in [2.45, 2.75) is 32.6 Å². The SMILES string of the molecule is CCOCCC(=O)Nc1nnc(C2CC(=O)N(c3cccc(C)c3)C2)s1. The maximum atomic E-state index is 12.4. The van der Waals surface area contributed by atoms with Crippen molar-refractivity contribution in [1.82, 2.24) is 10.2 Å². The number of benzene rings is 1. The summed E-state index contributed by atoms with van der Waals surface area (Å²) in [6.07, 6.45) is 0.687. The fraction of sp³-hybridized carbons (Fsp3) is 0.444. The van der Waals surface area contributed by atoms with E-state index in [9.17, 15) is 9.59 Å². The number of carbonyl (C=O) groups is 2. The largest absolute Gasteiger partial charge is 0.381 e. The molecule has 1 aromatic carbocycles. The topological polar surface area (TPSA) is 84.4 Å². The number of nitrogens with zero attached hydrogens (tertiary/aromatic N) is 3. The predicted octanol–water partition coefficient (Wildman–Crippen LogP) is 2.73. The normalized spacial score (nSPS) is 16.9. The summed E-state index contributed by atoms with van der Waals surface area (Å²) >= 11 is 1.33. The van der Waals surface area contributed by atoms with Crippen molar-refractivity contribution in [3.8, 4) is 0 Å². The Morgan fingerprint density at radius 1 is 1.42 bits per heavy atom. The van der Waals surface area contributed by atoms with Crippen LogP contribution in [0.2, 0.25) is 0 Å². The second-order valence-electron chi connectivity index (χ2n) is 6.18.